The number of nitrogens with zero attached hydrogens (tertiary/aromatic N) is 2. The number of rotatable bonds is 4. The fourth-order valence-corrected chi connectivity index (χ4v) is 3.35. The van der Waals surface area contributed by atoms with Crippen LogP contribution in [0.15, 0.2) is 30.3 Å². The van der Waals surface area contributed by atoms with E-state index in [-0.39, 0.29) is 0 Å². The molecule has 1 aliphatic heterocycles. The van der Waals surface area contributed by atoms with E-state index in [1.165, 1.54) is 23.9 Å². The summed E-state index contributed by atoms with van der Waals surface area (Å²) < 4.78 is 0. The normalized spacial score (nSPS) is 19.1. The number of piperidine rings is 1. The number of hydrogen-bond donors (Lipinski definition) is 1. The predicted octanol–water partition coefficient (Wildman–Crippen LogP) is 3.37. The van der Waals surface area contributed by atoms with Gasteiger partial charge in [0.05, 0.1) is 5.52 Å². The minimum atomic E-state index is 0.755. The Kier molecular flexibility index (Phi) is 4.39. The molecule has 3 nitrogen and oxygen atoms in total. The van der Waals surface area contributed by atoms with Crippen LogP contribution in [0.4, 0.5) is 5.69 Å². The number of aromatic nitrogens is 1. The summed E-state index contributed by atoms with van der Waals surface area (Å²) in [4.78, 5) is 7.22. The fourth-order valence-electron chi connectivity index (χ4n) is 3.35. The van der Waals surface area contributed by atoms with Crippen LogP contribution in [0.1, 0.15) is 25.5 Å². The van der Waals surface area contributed by atoms with Crippen molar-refractivity contribution in [3.63, 3.8) is 0 Å². The molecule has 1 saturated heterocycles. The van der Waals surface area contributed by atoms with Crippen LogP contribution in [0.5, 0.6) is 0 Å². The smallest absolute Gasteiger partial charge is 0.0726 e. The van der Waals surface area contributed by atoms with Crippen LogP contribution in [-0.4, -0.2) is 31.2 Å². The molecule has 0 aliphatic carbocycles. The fraction of sp³-hybridized carbons (Fsp3) is 0.500. The van der Waals surface area contributed by atoms with Crippen molar-refractivity contribution >= 4 is 16.6 Å². The van der Waals surface area contributed by atoms with E-state index in [1.807, 2.05) is 0 Å². The van der Waals surface area contributed by atoms with Crippen LogP contribution in [-0.2, 0) is 0 Å². The van der Waals surface area contributed by atoms with Gasteiger partial charge in [-0.15, -0.1) is 0 Å². The van der Waals surface area contributed by atoms with Crippen LogP contribution in [0.25, 0.3) is 10.9 Å². The number of benzene rings is 1. The minimum Gasteiger partial charge on any atom is -0.371 e. The largest absolute Gasteiger partial charge is 0.371 e. The summed E-state index contributed by atoms with van der Waals surface area (Å²) in [7, 11) is 0. The van der Waals surface area contributed by atoms with Crippen LogP contribution in [0.3, 0.4) is 0 Å². The third-order valence-corrected chi connectivity index (χ3v) is 4.37. The maximum Gasteiger partial charge on any atom is 0.0726 e. The Balaban J connectivity index is 1.89. The summed E-state index contributed by atoms with van der Waals surface area (Å²) in [5.74, 6) is 0.755. The zero-order chi connectivity index (χ0) is 14.7. The zero-order valence-corrected chi connectivity index (χ0v) is 13.1. The Morgan fingerprint density at radius 1 is 1.33 bits per heavy atom. The SMILES string of the molecule is CCNCC1CCCN(c2cc(C)nc3ccccc23)C1. The van der Waals surface area contributed by atoms with Gasteiger partial charge in [0.1, 0.15) is 0 Å². The van der Waals surface area contributed by atoms with Crippen molar-refractivity contribution in [2.75, 3.05) is 31.1 Å². The number of para-hydroxylation sites is 1. The lowest BCUT2D eigenvalue weighted by atomic mass is 9.97. The molecule has 1 atom stereocenters. The Labute approximate surface area is 127 Å². The molecule has 0 spiro atoms. The van der Waals surface area contributed by atoms with Gasteiger partial charge in [0.2, 0.25) is 0 Å². The molecule has 1 fully saturated rings. The van der Waals surface area contributed by atoms with Gasteiger partial charge in [0.15, 0.2) is 0 Å². The Morgan fingerprint density at radius 3 is 3.05 bits per heavy atom. The lowest BCUT2D eigenvalue weighted by Gasteiger charge is -2.35. The van der Waals surface area contributed by atoms with Crippen LogP contribution >= 0.6 is 0 Å². The van der Waals surface area contributed by atoms with Crippen molar-refractivity contribution in [1.29, 1.82) is 0 Å². The number of nitrogens with one attached hydrogen (secondary N) is 1. The van der Waals surface area contributed by atoms with E-state index in [1.54, 1.807) is 0 Å². The quantitative estimate of drug-likeness (QED) is 0.932. The van der Waals surface area contributed by atoms with E-state index in [9.17, 15) is 0 Å². The summed E-state index contributed by atoms with van der Waals surface area (Å²) in [5.41, 5.74) is 3.58. The van der Waals surface area contributed by atoms with Gasteiger partial charge in [-0.1, -0.05) is 25.1 Å². The molecule has 1 unspecified atom stereocenters. The van der Waals surface area contributed by atoms with Crippen LogP contribution in [0, 0.1) is 12.8 Å². The molecule has 0 saturated carbocycles. The Morgan fingerprint density at radius 2 is 2.19 bits per heavy atom. The molecular formula is C18H25N3. The molecule has 1 aliphatic rings. The number of hydrogen-bond acceptors (Lipinski definition) is 3. The molecule has 0 amide bonds. The molecule has 1 aromatic heterocycles. The van der Waals surface area contributed by atoms with E-state index >= 15 is 0 Å². The van der Waals surface area contributed by atoms with Crippen molar-refractivity contribution < 1.29 is 0 Å². The highest BCUT2D eigenvalue weighted by Gasteiger charge is 2.21. The van der Waals surface area contributed by atoms with Gasteiger partial charge in [-0.3, -0.25) is 4.98 Å². The van der Waals surface area contributed by atoms with Crippen molar-refractivity contribution in [3.8, 4) is 0 Å². The molecule has 0 bridgehead atoms. The first-order valence-corrected chi connectivity index (χ1v) is 8.10. The molecular weight excluding hydrogens is 258 g/mol. The molecule has 0 radical (unpaired) electrons. The molecule has 1 N–H and O–H groups in total. The second kappa shape index (κ2) is 6.44. The van der Waals surface area contributed by atoms with Crippen molar-refractivity contribution in [1.82, 2.24) is 10.3 Å². The van der Waals surface area contributed by atoms with Gasteiger partial charge in [0.25, 0.3) is 0 Å². The van der Waals surface area contributed by atoms with Gasteiger partial charge >= 0.3 is 0 Å². The summed E-state index contributed by atoms with van der Waals surface area (Å²) in [6.07, 6.45) is 2.62. The van der Waals surface area contributed by atoms with Crippen LogP contribution in [0.2, 0.25) is 0 Å². The van der Waals surface area contributed by atoms with E-state index in [4.69, 9.17) is 0 Å². The molecule has 1 aromatic carbocycles. The third kappa shape index (κ3) is 3.18. The zero-order valence-electron chi connectivity index (χ0n) is 13.1. The van der Waals surface area contributed by atoms with Crippen molar-refractivity contribution in [2.45, 2.75) is 26.7 Å². The molecule has 3 rings (SSSR count). The Hall–Kier alpha value is -1.61. The van der Waals surface area contributed by atoms with Crippen molar-refractivity contribution in [2.24, 2.45) is 5.92 Å². The molecule has 3 heteroatoms. The molecule has 2 aromatic rings. The van der Waals surface area contributed by atoms with Crippen molar-refractivity contribution in [3.05, 3.63) is 36.0 Å². The monoisotopic (exact) mass is 283 g/mol. The number of anilines is 1. The average Bonchev–Trinajstić information content (AvgIpc) is 2.52. The first kappa shape index (κ1) is 14.3. The first-order chi connectivity index (χ1) is 10.3. The highest BCUT2D eigenvalue weighted by Crippen LogP contribution is 2.30. The summed E-state index contributed by atoms with van der Waals surface area (Å²) >= 11 is 0. The van der Waals surface area contributed by atoms with Gasteiger partial charge in [0, 0.05) is 29.9 Å². The summed E-state index contributed by atoms with van der Waals surface area (Å²) in [6.45, 7) is 8.79. The highest BCUT2D eigenvalue weighted by molar-refractivity contribution is 5.92. The second-order valence-corrected chi connectivity index (χ2v) is 6.06. The van der Waals surface area contributed by atoms with Gasteiger partial charge in [-0.05, 0) is 50.9 Å². The standard InChI is InChI=1S/C18H25N3/c1-3-19-12-15-7-6-10-21(13-15)18-11-14(2)20-17-9-5-4-8-16(17)18/h4-5,8-9,11,15,19H,3,6-7,10,12-13H2,1-2H3. The lowest BCUT2D eigenvalue weighted by Crippen LogP contribution is -2.39. The minimum absolute atomic E-state index is 0.755. The summed E-state index contributed by atoms with van der Waals surface area (Å²) in [5, 5.41) is 4.78. The molecule has 2 heterocycles. The van der Waals surface area contributed by atoms with E-state index in [2.05, 4.69) is 59.4 Å². The van der Waals surface area contributed by atoms with E-state index in [0.29, 0.717) is 0 Å². The topological polar surface area (TPSA) is 28.2 Å². The maximum absolute atomic E-state index is 4.66. The maximum atomic E-state index is 4.66. The van der Waals surface area contributed by atoms with E-state index < -0.39 is 0 Å². The highest BCUT2D eigenvalue weighted by atomic mass is 15.1. The van der Waals surface area contributed by atoms with Crippen LogP contribution < -0.4 is 10.2 Å². The van der Waals surface area contributed by atoms with Gasteiger partial charge in [-0.25, -0.2) is 0 Å². The first-order valence-electron chi connectivity index (χ1n) is 8.10. The average molecular weight is 283 g/mol. The number of pyridine rings is 1. The lowest BCUT2D eigenvalue weighted by molar-refractivity contribution is 0.396. The predicted molar refractivity (Wildman–Crippen MR) is 90.0 cm³/mol. The number of fused-ring (bicyclic) bond motifs is 1. The third-order valence-electron chi connectivity index (χ3n) is 4.37. The van der Waals surface area contributed by atoms with Gasteiger partial charge in [-0.2, -0.15) is 0 Å². The van der Waals surface area contributed by atoms with E-state index in [0.717, 1.165) is 43.3 Å². The Bertz CT molecular complexity index is 608. The molecule has 112 valence electrons. The van der Waals surface area contributed by atoms with Gasteiger partial charge < -0.3 is 10.2 Å². The number of aryl methyl sites for hydroxylation is 1. The second-order valence-electron chi connectivity index (χ2n) is 6.06. The summed E-state index contributed by atoms with van der Waals surface area (Å²) in [6, 6.07) is 10.8. The molecule has 21 heavy (non-hydrogen) atoms.